The number of piperidine rings is 3. The molecule has 12 heterocycles. The molecular weight excluding hydrogens is 979 g/mol. The van der Waals surface area contributed by atoms with Crippen LogP contribution in [0.3, 0.4) is 0 Å². The zero-order chi connectivity index (χ0) is 54.3. The zero-order valence-electron chi connectivity index (χ0n) is 47.6. The lowest BCUT2D eigenvalue weighted by atomic mass is 10.0. The Bertz CT molecular complexity index is 2610. The van der Waals surface area contributed by atoms with E-state index < -0.39 is 0 Å². The van der Waals surface area contributed by atoms with Gasteiger partial charge in [-0.2, -0.15) is 0 Å². The van der Waals surface area contributed by atoms with Crippen molar-refractivity contribution in [1.82, 2.24) is 44.6 Å². The van der Waals surface area contributed by atoms with Crippen molar-refractivity contribution in [3.8, 4) is 34.9 Å². The maximum atomic E-state index is 6.21. The van der Waals surface area contributed by atoms with E-state index in [9.17, 15) is 0 Å². The van der Waals surface area contributed by atoms with Gasteiger partial charge in [-0.3, -0.25) is 29.7 Å². The van der Waals surface area contributed by atoms with Crippen LogP contribution in [0, 0.1) is 41.5 Å². The number of aryl methyl sites for hydroxylation is 6. The summed E-state index contributed by atoms with van der Waals surface area (Å²) in [6.07, 6.45) is 9.97. The molecule has 0 aliphatic carbocycles. The van der Waals surface area contributed by atoms with E-state index in [-0.39, 0.29) is 18.3 Å². The van der Waals surface area contributed by atoms with E-state index in [0.717, 1.165) is 203 Å². The van der Waals surface area contributed by atoms with Crippen molar-refractivity contribution < 1.29 is 28.4 Å². The Balaban J connectivity index is 0.000000132. The highest BCUT2D eigenvalue weighted by atomic mass is 16.5. The third kappa shape index (κ3) is 14.1. The molecule has 78 heavy (non-hydrogen) atoms. The van der Waals surface area contributed by atoms with Crippen LogP contribution in [0.2, 0.25) is 0 Å². The van der Waals surface area contributed by atoms with Gasteiger partial charge in [-0.25, -0.2) is 15.0 Å². The molecule has 6 aromatic heterocycles. The number of rotatable bonds is 12. The highest BCUT2D eigenvalue weighted by molar-refractivity contribution is 5.35. The van der Waals surface area contributed by atoms with Crippen molar-refractivity contribution in [2.24, 2.45) is 0 Å². The summed E-state index contributed by atoms with van der Waals surface area (Å²) in [5.74, 6) is 5.32. The van der Waals surface area contributed by atoms with Crippen LogP contribution in [-0.4, -0.2) is 122 Å². The largest absolute Gasteiger partial charge is 0.490 e. The van der Waals surface area contributed by atoms with Crippen LogP contribution < -0.4 is 28.4 Å². The van der Waals surface area contributed by atoms with Gasteiger partial charge in [0.15, 0.2) is 0 Å². The molecular formula is C63H81N9O6. The first kappa shape index (κ1) is 54.9. The van der Waals surface area contributed by atoms with Gasteiger partial charge in [0.25, 0.3) is 0 Å². The fraction of sp³-hybridized carbons (Fsp3) is 0.524. The topological polar surface area (TPSA) is 142 Å². The molecule has 1 unspecified atom stereocenters. The minimum Gasteiger partial charge on any atom is -0.490 e. The van der Waals surface area contributed by atoms with E-state index in [2.05, 4.69) is 86.8 Å². The maximum Gasteiger partial charge on any atom is 0.216 e. The molecule has 15 heteroatoms. The Labute approximate surface area is 462 Å². The minimum atomic E-state index is 0.274. The first-order chi connectivity index (χ1) is 37.7. The van der Waals surface area contributed by atoms with E-state index in [1.54, 1.807) is 0 Å². The van der Waals surface area contributed by atoms with Gasteiger partial charge in [0.2, 0.25) is 17.6 Å². The molecule has 0 aromatic carbocycles. The maximum absolute atomic E-state index is 6.21. The third-order valence-corrected chi connectivity index (χ3v) is 16.1. The number of aromatic nitrogens is 6. The number of ether oxygens (including phenoxy) is 6. The molecule has 15 nitrogen and oxygen atoms in total. The van der Waals surface area contributed by atoms with Crippen LogP contribution in [0.25, 0.3) is 0 Å². The zero-order valence-corrected chi connectivity index (χ0v) is 47.6. The van der Waals surface area contributed by atoms with Crippen molar-refractivity contribution in [3.05, 3.63) is 141 Å². The van der Waals surface area contributed by atoms with Crippen molar-refractivity contribution in [1.29, 1.82) is 0 Å². The smallest absolute Gasteiger partial charge is 0.216 e. The molecule has 6 aliphatic heterocycles. The number of nitrogens with zero attached hydrogens (tertiary/aromatic N) is 9. The number of hydrogen-bond acceptors (Lipinski definition) is 15. The lowest BCUT2D eigenvalue weighted by Crippen LogP contribution is -2.39. The van der Waals surface area contributed by atoms with Gasteiger partial charge in [0.1, 0.15) is 35.6 Å². The molecule has 3 saturated heterocycles. The monoisotopic (exact) mass is 1060 g/mol. The Morgan fingerprint density at radius 3 is 0.859 bits per heavy atom. The highest BCUT2D eigenvalue weighted by Crippen LogP contribution is 2.33. The SMILES string of the molecule is Cc1cc(OC2CCN(C(C)c3ccc4c(n3)OCC4)CC2)cc(C)n1.Cc1cc(OC2CCN([C@@H](C)c3ccc4c(n3)OCC4)CC2)cc(C)n1.Cc1cc(OC2CCN([C@H](C)c3ccc4c(n3)OCC4)CC2)cc(C)n1. The summed E-state index contributed by atoms with van der Waals surface area (Å²) < 4.78 is 35.5. The molecule has 0 spiro atoms. The van der Waals surface area contributed by atoms with Crippen molar-refractivity contribution in [2.75, 3.05) is 59.1 Å². The summed E-state index contributed by atoms with van der Waals surface area (Å²) in [7, 11) is 0. The quantitative estimate of drug-likeness (QED) is 0.115. The van der Waals surface area contributed by atoms with Gasteiger partial charge in [-0.15, -0.1) is 0 Å². The summed E-state index contributed by atoms with van der Waals surface area (Å²) in [4.78, 5) is 34.9. The predicted octanol–water partition coefficient (Wildman–Crippen LogP) is 10.9. The van der Waals surface area contributed by atoms with Gasteiger partial charge in [-0.1, -0.05) is 18.2 Å². The fourth-order valence-electron chi connectivity index (χ4n) is 11.7. The molecule has 3 fully saturated rings. The normalized spacial score (nSPS) is 19.0. The molecule has 0 amide bonds. The lowest BCUT2D eigenvalue weighted by molar-refractivity contribution is 0.0782. The van der Waals surface area contributed by atoms with Gasteiger partial charge in [0.05, 0.1) is 36.9 Å². The summed E-state index contributed by atoms with van der Waals surface area (Å²) in [5.41, 5.74) is 13.1. The second kappa shape index (κ2) is 25.1. The van der Waals surface area contributed by atoms with Crippen LogP contribution >= 0.6 is 0 Å². The van der Waals surface area contributed by atoms with Crippen LogP contribution in [0.1, 0.15) is 145 Å². The number of likely N-dealkylation sites (tertiary alicyclic amines) is 3. The van der Waals surface area contributed by atoms with E-state index in [1.165, 1.54) is 16.7 Å². The van der Waals surface area contributed by atoms with Gasteiger partial charge >= 0.3 is 0 Å². The van der Waals surface area contributed by atoms with Crippen molar-refractivity contribution >= 4 is 0 Å². The standard InChI is InChI=1S/3C21H27N3O2/c3*1-14-12-19(13-15(2)22-14)26-18-6-9-24(10-7-18)16(3)20-5-4-17-8-11-25-21(17)23-20/h3*4-5,12-13,16,18H,6-11H2,1-3H3/t2*16-;/m10./s1. The molecule has 0 radical (unpaired) electrons. The molecule has 0 saturated carbocycles. The molecule has 3 atom stereocenters. The van der Waals surface area contributed by atoms with Crippen LogP contribution in [0.5, 0.6) is 34.9 Å². The molecule has 6 aliphatic rings. The third-order valence-electron chi connectivity index (χ3n) is 16.1. The number of hydrogen-bond donors (Lipinski definition) is 0. The Morgan fingerprint density at radius 1 is 0.372 bits per heavy atom. The lowest BCUT2D eigenvalue weighted by Gasteiger charge is -2.35. The number of pyridine rings is 6. The van der Waals surface area contributed by atoms with E-state index in [4.69, 9.17) is 43.4 Å². The first-order valence-corrected chi connectivity index (χ1v) is 28.7. The fourth-order valence-corrected chi connectivity index (χ4v) is 11.7. The van der Waals surface area contributed by atoms with Gasteiger partial charge in [0, 0.05) is 164 Å². The molecule has 414 valence electrons. The Morgan fingerprint density at radius 2 is 0.615 bits per heavy atom. The van der Waals surface area contributed by atoms with E-state index in [0.29, 0.717) is 18.1 Å². The summed E-state index contributed by atoms with van der Waals surface area (Å²) >= 11 is 0. The van der Waals surface area contributed by atoms with Gasteiger partial charge in [-0.05, 0) is 119 Å². The van der Waals surface area contributed by atoms with Crippen LogP contribution in [0.4, 0.5) is 0 Å². The predicted molar refractivity (Wildman–Crippen MR) is 302 cm³/mol. The van der Waals surface area contributed by atoms with Gasteiger partial charge < -0.3 is 28.4 Å². The Hall–Kier alpha value is -6.42. The average molecular weight is 1060 g/mol. The summed E-state index contributed by atoms with van der Waals surface area (Å²) in [6.45, 7) is 27.2. The van der Waals surface area contributed by atoms with Crippen LogP contribution in [0.15, 0.2) is 72.8 Å². The molecule has 0 bridgehead atoms. The second-order valence-electron chi connectivity index (χ2n) is 22.2. The van der Waals surface area contributed by atoms with E-state index in [1.807, 2.05) is 77.9 Å². The summed E-state index contributed by atoms with van der Waals surface area (Å²) in [6, 6.07) is 26.0. The molecule has 6 aromatic rings. The summed E-state index contributed by atoms with van der Waals surface area (Å²) in [5, 5.41) is 0. The van der Waals surface area contributed by atoms with Crippen LogP contribution in [-0.2, 0) is 19.3 Å². The minimum absolute atomic E-state index is 0.274. The Kier molecular flexibility index (Phi) is 17.7. The molecule has 12 rings (SSSR count). The van der Waals surface area contributed by atoms with Crippen molar-refractivity contribution in [3.63, 3.8) is 0 Å². The van der Waals surface area contributed by atoms with E-state index >= 15 is 0 Å². The first-order valence-electron chi connectivity index (χ1n) is 28.7. The molecule has 0 N–H and O–H groups in total. The average Bonchev–Trinajstić information content (AvgIpc) is 4.26. The second-order valence-corrected chi connectivity index (χ2v) is 22.2. The van der Waals surface area contributed by atoms with Crippen molar-refractivity contribution in [2.45, 2.75) is 157 Å². The highest BCUT2D eigenvalue weighted by Gasteiger charge is 2.30. The number of fused-ring (bicyclic) bond motifs is 3.